The topological polar surface area (TPSA) is 72.0 Å². The molecule has 0 unspecified atom stereocenters. The van der Waals surface area contributed by atoms with Crippen LogP contribution in [-0.4, -0.2) is 18.4 Å². The minimum atomic E-state index is -4.34. The molecule has 1 N–H and O–H groups in total. The number of anilines is 1. The summed E-state index contributed by atoms with van der Waals surface area (Å²) in [5.41, 5.74) is 1.04. The number of nitrogens with one attached hydrogen (secondary N) is 1. The largest absolute Gasteiger partial charge is 0.276 e. The van der Waals surface area contributed by atoms with Crippen molar-refractivity contribution in [3.8, 4) is 11.3 Å². The Bertz CT molecular complexity index is 980. The Morgan fingerprint density at radius 1 is 1.00 bits per heavy atom. The van der Waals surface area contributed by atoms with Crippen LogP contribution < -0.4 is 4.72 Å². The average molecular weight is 347 g/mol. The van der Waals surface area contributed by atoms with Crippen LogP contribution in [0.25, 0.3) is 11.3 Å². The molecular formula is C16H11F2N3O2S. The summed E-state index contributed by atoms with van der Waals surface area (Å²) in [7, 11) is -4.34. The van der Waals surface area contributed by atoms with Gasteiger partial charge in [-0.2, -0.15) is 0 Å². The van der Waals surface area contributed by atoms with Gasteiger partial charge in [0.05, 0.1) is 17.6 Å². The molecule has 3 rings (SSSR count). The molecule has 5 nitrogen and oxygen atoms in total. The zero-order valence-corrected chi connectivity index (χ0v) is 13.0. The average Bonchev–Trinajstić information content (AvgIpc) is 2.58. The fraction of sp³-hybridized carbons (Fsp3) is 0. The van der Waals surface area contributed by atoms with Crippen molar-refractivity contribution in [2.24, 2.45) is 0 Å². The Morgan fingerprint density at radius 3 is 2.50 bits per heavy atom. The molecule has 0 fully saturated rings. The van der Waals surface area contributed by atoms with Crippen molar-refractivity contribution in [1.29, 1.82) is 0 Å². The highest BCUT2D eigenvalue weighted by molar-refractivity contribution is 7.92. The van der Waals surface area contributed by atoms with Gasteiger partial charge in [0.2, 0.25) is 0 Å². The van der Waals surface area contributed by atoms with E-state index in [1.54, 1.807) is 30.3 Å². The predicted molar refractivity (Wildman–Crippen MR) is 84.6 cm³/mol. The quantitative estimate of drug-likeness (QED) is 0.786. The minimum absolute atomic E-state index is 0.0624. The SMILES string of the molecule is O=S(=O)(Nc1cncnc1-c1ccccc1)c1cc(F)ccc1F. The molecule has 0 amide bonds. The van der Waals surface area contributed by atoms with Crippen molar-refractivity contribution < 1.29 is 17.2 Å². The van der Waals surface area contributed by atoms with Crippen molar-refractivity contribution in [2.75, 3.05) is 4.72 Å². The number of nitrogens with zero attached hydrogens (tertiary/aromatic N) is 2. The standard InChI is InChI=1S/C16H11F2N3O2S/c17-12-6-7-13(18)15(8-12)24(22,23)21-14-9-19-10-20-16(14)11-4-2-1-3-5-11/h1-10,21H. The van der Waals surface area contributed by atoms with Gasteiger partial charge in [0.1, 0.15) is 22.9 Å². The molecular weight excluding hydrogens is 336 g/mol. The normalized spacial score (nSPS) is 11.2. The van der Waals surface area contributed by atoms with E-state index in [4.69, 9.17) is 0 Å². The number of hydrogen-bond acceptors (Lipinski definition) is 4. The van der Waals surface area contributed by atoms with Crippen LogP contribution in [0.4, 0.5) is 14.5 Å². The molecule has 0 atom stereocenters. The fourth-order valence-electron chi connectivity index (χ4n) is 2.11. The van der Waals surface area contributed by atoms with Gasteiger partial charge in [0, 0.05) is 5.56 Å². The lowest BCUT2D eigenvalue weighted by Gasteiger charge is -2.12. The van der Waals surface area contributed by atoms with Crippen molar-refractivity contribution in [3.63, 3.8) is 0 Å². The summed E-state index contributed by atoms with van der Waals surface area (Å²) in [5.74, 6) is -1.91. The third-order valence-electron chi connectivity index (χ3n) is 3.19. The second kappa shape index (κ2) is 6.32. The van der Waals surface area contributed by atoms with Gasteiger partial charge in [-0.15, -0.1) is 0 Å². The number of aromatic nitrogens is 2. The predicted octanol–water partition coefficient (Wildman–Crippen LogP) is 3.22. The Morgan fingerprint density at radius 2 is 1.75 bits per heavy atom. The summed E-state index contributed by atoms with van der Waals surface area (Å²) >= 11 is 0. The maximum absolute atomic E-state index is 13.8. The Hall–Kier alpha value is -2.87. The van der Waals surface area contributed by atoms with Gasteiger partial charge in [-0.3, -0.25) is 4.72 Å². The molecule has 0 saturated heterocycles. The maximum atomic E-state index is 13.8. The van der Waals surface area contributed by atoms with Gasteiger partial charge in [-0.05, 0) is 18.2 Å². The van der Waals surface area contributed by atoms with Crippen LogP contribution in [0.2, 0.25) is 0 Å². The molecule has 0 aliphatic rings. The zero-order chi connectivity index (χ0) is 17.2. The van der Waals surface area contributed by atoms with Crippen LogP contribution in [0.1, 0.15) is 0 Å². The van der Waals surface area contributed by atoms with E-state index in [1.165, 1.54) is 12.5 Å². The molecule has 0 aliphatic heterocycles. The van der Waals surface area contributed by atoms with E-state index in [0.29, 0.717) is 17.3 Å². The second-order valence-corrected chi connectivity index (χ2v) is 6.48. The first-order valence-corrected chi connectivity index (χ1v) is 8.29. The Balaban J connectivity index is 2.04. The van der Waals surface area contributed by atoms with Gasteiger partial charge in [0.15, 0.2) is 0 Å². The molecule has 8 heteroatoms. The highest BCUT2D eigenvalue weighted by Crippen LogP contribution is 2.27. The first kappa shape index (κ1) is 16.0. The minimum Gasteiger partial charge on any atom is -0.276 e. The second-order valence-electron chi connectivity index (χ2n) is 4.83. The number of halogens is 2. The van der Waals surface area contributed by atoms with Crippen LogP contribution >= 0.6 is 0 Å². The van der Waals surface area contributed by atoms with Crippen LogP contribution in [0.3, 0.4) is 0 Å². The summed E-state index contributed by atoms with van der Waals surface area (Å²) in [5, 5.41) is 0. The summed E-state index contributed by atoms with van der Waals surface area (Å²) in [6.45, 7) is 0. The lowest BCUT2D eigenvalue weighted by atomic mass is 10.1. The number of rotatable bonds is 4. The molecule has 0 bridgehead atoms. The number of benzene rings is 2. The van der Waals surface area contributed by atoms with Crippen LogP contribution in [0, 0.1) is 11.6 Å². The Kier molecular flexibility index (Phi) is 4.22. The van der Waals surface area contributed by atoms with E-state index in [1.807, 2.05) is 0 Å². The highest BCUT2D eigenvalue weighted by Gasteiger charge is 2.22. The maximum Gasteiger partial charge on any atom is 0.265 e. The third-order valence-corrected chi connectivity index (χ3v) is 4.57. The summed E-state index contributed by atoms with van der Waals surface area (Å²) in [6.07, 6.45) is 2.52. The third kappa shape index (κ3) is 3.23. The van der Waals surface area contributed by atoms with E-state index in [-0.39, 0.29) is 5.69 Å². The molecule has 0 spiro atoms. The fourth-order valence-corrected chi connectivity index (χ4v) is 3.25. The molecule has 3 aromatic rings. The molecule has 2 aromatic carbocycles. The zero-order valence-electron chi connectivity index (χ0n) is 12.1. The molecule has 24 heavy (non-hydrogen) atoms. The van der Waals surface area contributed by atoms with Gasteiger partial charge in [0.25, 0.3) is 10.0 Å². The summed E-state index contributed by atoms with van der Waals surface area (Å²) < 4.78 is 54.0. The van der Waals surface area contributed by atoms with Crippen LogP contribution in [-0.2, 0) is 10.0 Å². The van der Waals surface area contributed by atoms with E-state index in [2.05, 4.69) is 14.7 Å². The highest BCUT2D eigenvalue weighted by atomic mass is 32.2. The van der Waals surface area contributed by atoms with Crippen molar-refractivity contribution in [1.82, 2.24) is 9.97 Å². The molecule has 0 aliphatic carbocycles. The lowest BCUT2D eigenvalue weighted by molar-refractivity contribution is 0.555. The molecule has 1 heterocycles. The molecule has 122 valence electrons. The van der Waals surface area contributed by atoms with Crippen molar-refractivity contribution in [2.45, 2.75) is 4.90 Å². The monoisotopic (exact) mass is 347 g/mol. The van der Waals surface area contributed by atoms with Crippen molar-refractivity contribution >= 4 is 15.7 Å². The first-order valence-electron chi connectivity index (χ1n) is 6.81. The van der Waals surface area contributed by atoms with Gasteiger partial charge >= 0.3 is 0 Å². The van der Waals surface area contributed by atoms with Gasteiger partial charge in [-0.1, -0.05) is 30.3 Å². The van der Waals surface area contributed by atoms with E-state index < -0.39 is 26.6 Å². The summed E-state index contributed by atoms with van der Waals surface area (Å²) in [6, 6.07) is 11.0. The van der Waals surface area contributed by atoms with Crippen LogP contribution in [0.15, 0.2) is 66.0 Å². The number of hydrogen-bond donors (Lipinski definition) is 1. The first-order chi connectivity index (χ1) is 11.5. The van der Waals surface area contributed by atoms with Crippen LogP contribution in [0.5, 0.6) is 0 Å². The van der Waals surface area contributed by atoms with E-state index in [9.17, 15) is 17.2 Å². The molecule has 0 radical (unpaired) electrons. The molecule has 1 aromatic heterocycles. The molecule has 0 saturated carbocycles. The van der Waals surface area contributed by atoms with Gasteiger partial charge in [-0.25, -0.2) is 27.2 Å². The summed E-state index contributed by atoms with van der Waals surface area (Å²) in [4.78, 5) is 7.06. The van der Waals surface area contributed by atoms with Crippen molar-refractivity contribution in [3.05, 3.63) is 72.7 Å². The van der Waals surface area contributed by atoms with E-state index >= 15 is 0 Å². The Labute approximate surface area is 137 Å². The van der Waals surface area contributed by atoms with E-state index in [0.717, 1.165) is 12.1 Å². The lowest BCUT2D eigenvalue weighted by Crippen LogP contribution is -2.16. The van der Waals surface area contributed by atoms with Gasteiger partial charge < -0.3 is 0 Å². The number of sulfonamides is 1. The smallest absolute Gasteiger partial charge is 0.265 e.